The van der Waals surface area contributed by atoms with Gasteiger partial charge in [0.1, 0.15) is 6.04 Å². The van der Waals surface area contributed by atoms with Gasteiger partial charge in [-0.25, -0.2) is 8.42 Å². The zero-order valence-electron chi connectivity index (χ0n) is 21.4. The van der Waals surface area contributed by atoms with E-state index in [0.717, 1.165) is 17.4 Å². The smallest absolute Gasteiger partial charge is 0.242 e. The number of nitrogens with zero attached hydrogens (tertiary/aromatic N) is 2. The predicted molar refractivity (Wildman–Crippen MR) is 147 cm³/mol. The normalized spacial score (nSPS) is 12.3. The van der Waals surface area contributed by atoms with E-state index >= 15 is 0 Å². The minimum Gasteiger partial charge on any atom is -0.354 e. The first-order valence-corrected chi connectivity index (χ1v) is 14.5. The molecule has 2 rings (SSSR count). The lowest BCUT2D eigenvalue weighted by molar-refractivity contribution is -0.140. The van der Waals surface area contributed by atoms with Crippen LogP contribution >= 0.6 is 23.2 Å². The van der Waals surface area contributed by atoms with Crippen LogP contribution in [-0.4, -0.2) is 50.5 Å². The average Bonchev–Trinajstić information content (AvgIpc) is 2.80. The Kier molecular flexibility index (Phi) is 11.1. The topological polar surface area (TPSA) is 86.8 Å². The monoisotopic (exact) mass is 555 g/mol. The average molecular weight is 557 g/mol. The lowest BCUT2D eigenvalue weighted by Crippen LogP contribution is -2.48. The maximum absolute atomic E-state index is 13.3. The molecule has 0 radical (unpaired) electrons. The van der Waals surface area contributed by atoms with E-state index in [4.69, 9.17) is 23.2 Å². The molecule has 0 aliphatic heterocycles. The second-order valence-corrected chi connectivity index (χ2v) is 12.1. The van der Waals surface area contributed by atoms with Gasteiger partial charge in [-0.05, 0) is 61.6 Å². The van der Waals surface area contributed by atoms with Gasteiger partial charge in [0.05, 0.1) is 11.9 Å². The second-order valence-electron chi connectivity index (χ2n) is 9.33. The number of carbonyl (C=O) groups excluding carboxylic acids is 2. The SMILES string of the molecule is Cc1ccc(Cl)cc1N(CCCC(=O)N(Cc1ccc(Cl)cc1)C(C)C(=O)NCC(C)C)S(C)(=O)=O. The minimum absolute atomic E-state index is 0.0705. The summed E-state index contributed by atoms with van der Waals surface area (Å²) in [6, 6.07) is 11.5. The first-order chi connectivity index (χ1) is 16.8. The quantitative estimate of drug-likeness (QED) is 0.397. The van der Waals surface area contributed by atoms with E-state index in [1.165, 1.54) is 9.21 Å². The Hall–Kier alpha value is -2.29. The lowest BCUT2D eigenvalue weighted by atomic mass is 10.1. The van der Waals surface area contributed by atoms with Crippen molar-refractivity contribution in [3.63, 3.8) is 0 Å². The van der Waals surface area contributed by atoms with Gasteiger partial charge >= 0.3 is 0 Å². The van der Waals surface area contributed by atoms with Gasteiger partial charge < -0.3 is 10.2 Å². The molecule has 1 N–H and O–H groups in total. The van der Waals surface area contributed by atoms with Crippen molar-refractivity contribution in [1.82, 2.24) is 10.2 Å². The fourth-order valence-electron chi connectivity index (χ4n) is 3.66. The highest BCUT2D eigenvalue weighted by molar-refractivity contribution is 7.92. The van der Waals surface area contributed by atoms with E-state index in [2.05, 4.69) is 5.32 Å². The van der Waals surface area contributed by atoms with Gasteiger partial charge in [-0.3, -0.25) is 13.9 Å². The summed E-state index contributed by atoms with van der Waals surface area (Å²) in [4.78, 5) is 27.6. The molecule has 0 bridgehead atoms. The number of rotatable bonds is 12. The van der Waals surface area contributed by atoms with Crippen LogP contribution in [0, 0.1) is 12.8 Å². The molecule has 0 fully saturated rings. The fourth-order valence-corrected chi connectivity index (χ4v) is 4.96. The zero-order valence-corrected chi connectivity index (χ0v) is 23.8. The van der Waals surface area contributed by atoms with Crippen molar-refractivity contribution in [1.29, 1.82) is 0 Å². The number of carbonyl (C=O) groups is 2. The van der Waals surface area contributed by atoms with Crippen molar-refractivity contribution in [2.24, 2.45) is 5.92 Å². The minimum atomic E-state index is -3.60. The van der Waals surface area contributed by atoms with Crippen LogP contribution in [0.25, 0.3) is 0 Å². The maximum atomic E-state index is 13.3. The van der Waals surface area contributed by atoms with Gasteiger partial charge in [-0.1, -0.05) is 55.2 Å². The van der Waals surface area contributed by atoms with Crippen LogP contribution in [0.5, 0.6) is 0 Å². The van der Waals surface area contributed by atoms with E-state index < -0.39 is 16.1 Å². The second kappa shape index (κ2) is 13.3. The molecular weight excluding hydrogens is 521 g/mol. The number of nitrogens with one attached hydrogen (secondary N) is 1. The van der Waals surface area contributed by atoms with Crippen molar-refractivity contribution >= 4 is 50.7 Å². The molecule has 36 heavy (non-hydrogen) atoms. The highest BCUT2D eigenvalue weighted by Crippen LogP contribution is 2.27. The molecule has 0 spiro atoms. The summed E-state index contributed by atoms with van der Waals surface area (Å²) < 4.78 is 26.3. The molecule has 0 aromatic heterocycles. The molecule has 2 aromatic carbocycles. The van der Waals surface area contributed by atoms with Crippen LogP contribution < -0.4 is 9.62 Å². The third-order valence-electron chi connectivity index (χ3n) is 5.71. The van der Waals surface area contributed by atoms with Crippen LogP contribution in [0.15, 0.2) is 42.5 Å². The van der Waals surface area contributed by atoms with Crippen LogP contribution in [-0.2, 0) is 26.2 Å². The first-order valence-electron chi connectivity index (χ1n) is 11.8. The van der Waals surface area contributed by atoms with E-state index in [9.17, 15) is 18.0 Å². The molecule has 0 aliphatic rings. The molecular formula is C26H35Cl2N3O4S. The number of aryl methyl sites for hydroxylation is 1. The molecule has 10 heteroatoms. The van der Waals surface area contributed by atoms with Gasteiger partial charge in [0.2, 0.25) is 21.8 Å². The summed E-state index contributed by atoms with van der Waals surface area (Å²) in [5, 5.41) is 3.89. The molecule has 1 atom stereocenters. The van der Waals surface area contributed by atoms with E-state index in [0.29, 0.717) is 22.3 Å². The summed E-state index contributed by atoms with van der Waals surface area (Å²) in [7, 11) is -3.60. The summed E-state index contributed by atoms with van der Waals surface area (Å²) in [6.45, 7) is 8.34. The number of hydrogen-bond acceptors (Lipinski definition) is 4. The Balaban J connectivity index is 2.18. The Labute approximate surface area is 224 Å². The molecule has 198 valence electrons. The van der Waals surface area contributed by atoms with Gasteiger partial charge in [0.25, 0.3) is 0 Å². The van der Waals surface area contributed by atoms with E-state index in [-0.39, 0.29) is 43.7 Å². The fraction of sp³-hybridized carbons (Fsp3) is 0.462. The largest absolute Gasteiger partial charge is 0.354 e. The first kappa shape index (κ1) is 29.9. The summed E-state index contributed by atoms with van der Waals surface area (Å²) in [5.74, 6) is -0.203. The summed E-state index contributed by atoms with van der Waals surface area (Å²) >= 11 is 12.1. The number of sulfonamides is 1. The maximum Gasteiger partial charge on any atom is 0.242 e. The Bertz CT molecular complexity index is 1150. The number of benzene rings is 2. The van der Waals surface area contributed by atoms with Crippen molar-refractivity contribution in [2.45, 2.75) is 53.1 Å². The van der Waals surface area contributed by atoms with Gasteiger partial charge in [0.15, 0.2) is 0 Å². The Morgan fingerprint density at radius 3 is 2.19 bits per heavy atom. The third kappa shape index (κ3) is 8.98. The Morgan fingerprint density at radius 1 is 1.00 bits per heavy atom. The van der Waals surface area contributed by atoms with Crippen molar-refractivity contribution in [3.05, 3.63) is 63.6 Å². The van der Waals surface area contributed by atoms with Gasteiger partial charge in [-0.15, -0.1) is 0 Å². The van der Waals surface area contributed by atoms with Crippen molar-refractivity contribution in [3.8, 4) is 0 Å². The molecule has 0 aliphatic carbocycles. The Morgan fingerprint density at radius 2 is 1.61 bits per heavy atom. The van der Waals surface area contributed by atoms with E-state index in [1.54, 1.807) is 44.2 Å². The van der Waals surface area contributed by atoms with Crippen LogP contribution in [0.4, 0.5) is 5.69 Å². The van der Waals surface area contributed by atoms with Crippen molar-refractivity contribution < 1.29 is 18.0 Å². The molecule has 7 nitrogen and oxygen atoms in total. The highest BCUT2D eigenvalue weighted by Gasteiger charge is 2.27. The van der Waals surface area contributed by atoms with E-state index in [1.807, 2.05) is 26.0 Å². The van der Waals surface area contributed by atoms with Gasteiger partial charge in [0, 0.05) is 36.1 Å². The lowest BCUT2D eigenvalue weighted by Gasteiger charge is -2.30. The molecule has 2 aromatic rings. The summed E-state index contributed by atoms with van der Waals surface area (Å²) in [5.41, 5.74) is 2.08. The highest BCUT2D eigenvalue weighted by atomic mass is 35.5. The number of halogens is 2. The third-order valence-corrected chi connectivity index (χ3v) is 7.38. The number of hydrogen-bond donors (Lipinski definition) is 1. The predicted octanol–water partition coefficient (Wildman–Crippen LogP) is 5.04. The standard InChI is InChI=1S/C26H35Cl2N3O4S/c1-18(2)16-29-26(33)20(4)30(17-21-9-12-22(27)13-10-21)25(32)7-6-14-31(36(5,34)35)24-15-23(28)11-8-19(24)3/h8-13,15,18,20H,6-7,14,16-17H2,1-5H3,(H,29,33). The summed E-state index contributed by atoms with van der Waals surface area (Å²) in [6.07, 6.45) is 1.47. The number of amides is 2. The van der Waals surface area contributed by atoms with Crippen LogP contribution in [0.3, 0.4) is 0 Å². The van der Waals surface area contributed by atoms with Gasteiger partial charge in [-0.2, -0.15) is 0 Å². The van der Waals surface area contributed by atoms with Crippen LogP contribution in [0.1, 0.15) is 44.7 Å². The molecule has 0 heterocycles. The molecule has 2 amide bonds. The molecule has 0 saturated carbocycles. The number of anilines is 1. The van der Waals surface area contributed by atoms with Crippen molar-refractivity contribution in [2.75, 3.05) is 23.7 Å². The molecule has 1 unspecified atom stereocenters. The molecule has 0 saturated heterocycles. The van der Waals surface area contributed by atoms with Crippen LogP contribution in [0.2, 0.25) is 10.0 Å². The zero-order chi connectivity index (χ0) is 27.0.